The standard InChI is InChI=1S/C8H15N3O3/c1-5(12)7(9)8-10-6(11-14-8)3-4-13-2/h5,7,12H,3-4,9H2,1-2H3/t5-,7+/m1/s1. The van der Waals surface area contributed by atoms with Gasteiger partial charge >= 0.3 is 0 Å². The summed E-state index contributed by atoms with van der Waals surface area (Å²) in [6.45, 7) is 2.10. The fourth-order valence-electron chi connectivity index (χ4n) is 0.904. The van der Waals surface area contributed by atoms with Crippen LogP contribution < -0.4 is 5.73 Å². The largest absolute Gasteiger partial charge is 0.391 e. The molecule has 1 aromatic heterocycles. The van der Waals surface area contributed by atoms with Crippen molar-refractivity contribution in [3.63, 3.8) is 0 Å². The van der Waals surface area contributed by atoms with Crippen LogP contribution in [0.1, 0.15) is 24.7 Å². The van der Waals surface area contributed by atoms with Crippen LogP contribution in [0.3, 0.4) is 0 Å². The van der Waals surface area contributed by atoms with E-state index in [0.717, 1.165) is 0 Å². The highest BCUT2D eigenvalue weighted by Crippen LogP contribution is 2.11. The maximum Gasteiger partial charge on any atom is 0.246 e. The molecule has 6 heteroatoms. The Kier molecular flexibility index (Phi) is 3.99. The Balaban J connectivity index is 2.58. The number of aliphatic hydroxyl groups excluding tert-OH is 1. The maximum absolute atomic E-state index is 9.18. The van der Waals surface area contributed by atoms with Crippen LogP contribution >= 0.6 is 0 Å². The van der Waals surface area contributed by atoms with Crippen molar-refractivity contribution in [3.8, 4) is 0 Å². The van der Waals surface area contributed by atoms with Gasteiger partial charge in [0.15, 0.2) is 5.82 Å². The molecule has 0 radical (unpaired) electrons. The van der Waals surface area contributed by atoms with Crippen LogP contribution in [0.25, 0.3) is 0 Å². The number of ether oxygens (including phenoxy) is 1. The molecular formula is C8H15N3O3. The highest BCUT2D eigenvalue weighted by molar-refractivity contribution is 4.93. The van der Waals surface area contributed by atoms with E-state index >= 15 is 0 Å². The summed E-state index contributed by atoms with van der Waals surface area (Å²) in [6.07, 6.45) is -0.127. The topological polar surface area (TPSA) is 94.4 Å². The highest BCUT2D eigenvalue weighted by Gasteiger charge is 2.18. The van der Waals surface area contributed by atoms with Gasteiger partial charge < -0.3 is 20.1 Å². The molecule has 1 heterocycles. The summed E-state index contributed by atoms with van der Waals surface area (Å²) in [5.41, 5.74) is 5.60. The summed E-state index contributed by atoms with van der Waals surface area (Å²) < 4.78 is 9.74. The summed E-state index contributed by atoms with van der Waals surface area (Å²) in [5.74, 6) is 0.795. The van der Waals surface area contributed by atoms with Crippen LogP contribution in [0.5, 0.6) is 0 Å². The molecule has 0 aliphatic rings. The van der Waals surface area contributed by atoms with E-state index in [-0.39, 0.29) is 5.89 Å². The molecule has 0 saturated carbocycles. The van der Waals surface area contributed by atoms with Gasteiger partial charge in [0.05, 0.1) is 12.7 Å². The first-order valence-electron chi connectivity index (χ1n) is 4.40. The van der Waals surface area contributed by atoms with Gasteiger partial charge in [0, 0.05) is 13.5 Å². The minimum atomic E-state index is -0.703. The van der Waals surface area contributed by atoms with E-state index in [0.29, 0.717) is 18.9 Å². The van der Waals surface area contributed by atoms with Gasteiger partial charge in [0.2, 0.25) is 5.89 Å². The van der Waals surface area contributed by atoms with Gasteiger partial charge in [-0.1, -0.05) is 5.16 Å². The van der Waals surface area contributed by atoms with Gasteiger partial charge in [-0.05, 0) is 6.92 Å². The van der Waals surface area contributed by atoms with Crippen molar-refractivity contribution >= 4 is 0 Å². The third-order valence-corrected chi connectivity index (χ3v) is 1.82. The van der Waals surface area contributed by atoms with Crippen molar-refractivity contribution in [3.05, 3.63) is 11.7 Å². The second-order valence-electron chi connectivity index (χ2n) is 3.06. The van der Waals surface area contributed by atoms with Gasteiger partial charge in [-0.2, -0.15) is 4.98 Å². The Morgan fingerprint density at radius 2 is 2.36 bits per heavy atom. The van der Waals surface area contributed by atoms with Crippen LogP contribution in [0.2, 0.25) is 0 Å². The molecule has 0 saturated heterocycles. The zero-order valence-electron chi connectivity index (χ0n) is 8.30. The molecule has 0 unspecified atom stereocenters. The average molecular weight is 201 g/mol. The van der Waals surface area contributed by atoms with E-state index in [1.54, 1.807) is 14.0 Å². The molecule has 1 rings (SSSR count). The quantitative estimate of drug-likeness (QED) is 0.675. The lowest BCUT2D eigenvalue weighted by Crippen LogP contribution is -2.23. The second-order valence-corrected chi connectivity index (χ2v) is 3.06. The zero-order chi connectivity index (χ0) is 10.6. The van der Waals surface area contributed by atoms with Crippen molar-refractivity contribution in [1.29, 1.82) is 0 Å². The number of hydrogen-bond acceptors (Lipinski definition) is 6. The highest BCUT2D eigenvalue weighted by atomic mass is 16.5. The van der Waals surface area contributed by atoms with Gasteiger partial charge in [-0.3, -0.25) is 0 Å². The Morgan fingerprint density at radius 3 is 2.93 bits per heavy atom. The Labute approximate surface area is 82.1 Å². The van der Waals surface area contributed by atoms with Crippen molar-refractivity contribution in [1.82, 2.24) is 10.1 Å². The van der Waals surface area contributed by atoms with E-state index in [9.17, 15) is 5.11 Å². The molecule has 0 fully saturated rings. The molecule has 3 N–H and O–H groups in total. The molecule has 2 atom stereocenters. The zero-order valence-corrected chi connectivity index (χ0v) is 8.30. The van der Waals surface area contributed by atoms with Gasteiger partial charge in [0.25, 0.3) is 0 Å². The Morgan fingerprint density at radius 1 is 1.64 bits per heavy atom. The second kappa shape index (κ2) is 5.04. The SMILES string of the molecule is COCCc1noc([C@@H](N)[C@@H](C)O)n1. The smallest absolute Gasteiger partial charge is 0.246 e. The lowest BCUT2D eigenvalue weighted by molar-refractivity contribution is 0.146. The van der Waals surface area contributed by atoms with E-state index < -0.39 is 12.1 Å². The predicted molar refractivity (Wildman–Crippen MR) is 48.5 cm³/mol. The van der Waals surface area contributed by atoms with Gasteiger partial charge in [0.1, 0.15) is 6.04 Å². The maximum atomic E-state index is 9.18. The van der Waals surface area contributed by atoms with E-state index in [1.165, 1.54) is 0 Å². The minimum Gasteiger partial charge on any atom is -0.391 e. The summed E-state index contributed by atoms with van der Waals surface area (Å²) in [4.78, 5) is 4.03. The summed E-state index contributed by atoms with van der Waals surface area (Å²) >= 11 is 0. The van der Waals surface area contributed by atoms with Crippen LogP contribution in [-0.2, 0) is 11.2 Å². The molecule has 14 heavy (non-hydrogen) atoms. The van der Waals surface area contributed by atoms with Crippen molar-refractivity contribution in [2.45, 2.75) is 25.5 Å². The normalized spacial score (nSPS) is 15.4. The number of nitrogens with zero attached hydrogens (tertiary/aromatic N) is 2. The van der Waals surface area contributed by atoms with Crippen molar-refractivity contribution in [2.24, 2.45) is 5.73 Å². The molecule has 6 nitrogen and oxygen atoms in total. The molecule has 0 aromatic carbocycles. The van der Waals surface area contributed by atoms with Crippen molar-refractivity contribution < 1.29 is 14.4 Å². The lowest BCUT2D eigenvalue weighted by atomic mass is 10.2. The first-order valence-corrected chi connectivity index (χ1v) is 4.40. The molecule has 0 aliphatic heterocycles. The summed E-state index contributed by atoms with van der Waals surface area (Å²) in [5, 5.41) is 12.9. The molecule has 0 aliphatic carbocycles. The van der Waals surface area contributed by atoms with Crippen LogP contribution in [0.15, 0.2) is 4.52 Å². The van der Waals surface area contributed by atoms with Gasteiger partial charge in [-0.25, -0.2) is 0 Å². The fraction of sp³-hybridized carbons (Fsp3) is 0.750. The lowest BCUT2D eigenvalue weighted by Gasteiger charge is -2.08. The predicted octanol–water partition coefficient (Wildman–Crippen LogP) is -0.361. The van der Waals surface area contributed by atoms with E-state index in [2.05, 4.69) is 10.1 Å². The number of rotatable bonds is 5. The molecule has 0 bridgehead atoms. The van der Waals surface area contributed by atoms with Crippen LogP contribution in [-0.4, -0.2) is 35.1 Å². The Bertz CT molecular complexity index is 275. The summed E-state index contributed by atoms with van der Waals surface area (Å²) in [7, 11) is 1.60. The molecule has 1 aromatic rings. The van der Waals surface area contributed by atoms with Crippen LogP contribution in [0, 0.1) is 0 Å². The number of nitrogens with two attached hydrogens (primary N) is 1. The first kappa shape index (κ1) is 11.1. The number of methoxy groups -OCH3 is 1. The third-order valence-electron chi connectivity index (χ3n) is 1.82. The number of aromatic nitrogens is 2. The molecular weight excluding hydrogens is 186 g/mol. The van der Waals surface area contributed by atoms with E-state index in [1.807, 2.05) is 0 Å². The molecule has 0 spiro atoms. The number of aliphatic hydroxyl groups is 1. The minimum absolute atomic E-state index is 0.256. The van der Waals surface area contributed by atoms with Gasteiger partial charge in [-0.15, -0.1) is 0 Å². The average Bonchev–Trinajstić information content (AvgIpc) is 2.61. The number of hydrogen-bond donors (Lipinski definition) is 2. The fourth-order valence-corrected chi connectivity index (χ4v) is 0.904. The first-order chi connectivity index (χ1) is 6.65. The van der Waals surface area contributed by atoms with Crippen molar-refractivity contribution in [2.75, 3.05) is 13.7 Å². The monoisotopic (exact) mass is 201 g/mol. The Hall–Kier alpha value is -0.980. The third kappa shape index (κ3) is 2.76. The molecule has 80 valence electrons. The van der Waals surface area contributed by atoms with E-state index in [4.69, 9.17) is 15.0 Å². The summed E-state index contributed by atoms with van der Waals surface area (Å²) in [6, 6.07) is -0.626. The van der Waals surface area contributed by atoms with Crippen LogP contribution in [0.4, 0.5) is 0 Å². The molecule has 0 amide bonds.